The lowest BCUT2D eigenvalue weighted by Crippen LogP contribution is -2.26. The first kappa shape index (κ1) is 17.6. The van der Waals surface area contributed by atoms with Crippen molar-refractivity contribution in [2.45, 2.75) is 6.42 Å². The van der Waals surface area contributed by atoms with Gasteiger partial charge in [-0.15, -0.1) is 0 Å². The minimum absolute atomic E-state index is 0.188. The third kappa shape index (κ3) is 4.39. The summed E-state index contributed by atoms with van der Waals surface area (Å²) in [6.45, 7) is 0.484. The summed E-state index contributed by atoms with van der Waals surface area (Å²) in [6.07, 6.45) is 0.650. The van der Waals surface area contributed by atoms with E-state index in [1.807, 2.05) is 12.1 Å². The summed E-state index contributed by atoms with van der Waals surface area (Å²) in [4.78, 5) is 12.1. The van der Waals surface area contributed by atoms with Gasteiger partial charge in [-0.3, -0.25) is 4.79 Å². The third-order valence-corrected chi connectivity index (χ3v) is 4.42. The maximum Gasteiger partial charge on any atom is 0.252 e. The summed E-state index contributed by atoms with van der Waals surface area (Å²) in [6, 6.07) is 10.7. The lowest BCUT2D eigenvalue weighted by atomic mass is 10.1. The first-order valence-electron chi connectivity index (χ1n) is 7.00. The van der Waals surface area contributed by atoms with E-state index in [1.54, 1.807) is 38.5 Å². The molecule has 1 N–H and O–H groups in total. The molecule has 2 aromatic rings. The Labute approximate surface area is 148 Å². The molecule has 122 valence electrons. The molecule has 0 aliphatic heterocycles. The summed E-state index contributed by atoms with van der Waals surface area (Å²) in [7, 11) is 3.18. The fourth-order valence-electron chi connectivity index (χ4n) is 2.14. The molecule has 1 amide bonds. The van der Waals surface area contributed by atoms with Crippen LogP contribution < -0.4 is 14.8 Å². The van der Waals surface area contributed by atoms with E-state index < -0.39 is 0 Å². The Hall–Kier alpha value is -1.72. The number of amides is 1. The smallest absolute Gasteiger partial charge is 0.252 e. The standard InChI is InChI=1S/C17H17BrClNO3/c1-22-15-9-11(13(18)10-16(15)23-2)7-8-20-17(21)12-5-3-4-6-14(12)19/h3-6,9-10H,7-8H2,1-2H3,(H,20,21). The van der Waals surface area contributed by atoms with E-state index in [0.29, 0.717) is 35.1 Å². The molecule has 0 unspecified atom stereocenters. The van der Waals surface area contributed by atoms with E-state index in [0.717, 1.165) is 10.0 Å². The lowest BCUT2D eigenvalue weighted by molar-refractivity contribution is 0.0954. The van der Waals surface area contributed by atoms with Crippen molar-refractivity contribution in [1.29, 1.82) is 0 Å². The molecule has 0 heterocycles. The molecule has 0 radical (unpaired) electrons. The Balaban J connectivity index is 2.01. The van der Waals surface area contributed by atoms with Crippen LogP contribution in [0.3, 0.4) is 0 Å². The first-order valence-corrected chi connectivity index (χ1v) is 8.17. The van der Waals surface area contributed by atoms with Crippen LogP contribution in [0, 0.1) is 0 Å². The Morgan fingerprint density at radius 2 is 1.83 bits per heavy atom. The zero-order chi connectivity index (χ0) is 16.8. The van der Waals surface area contributed by atoms with Crippen molar-refractivity contribution in [3.05, 3.63) is 57.0 Å². The second-order valence-corrected chi connectivity index (χ2v) is 6.05. The van der Waals surface area contributed by atoms with Crippen molar-refractivity contribution < 1.29 is 14.3 Å². The molecule has 4 nitrogen and oxygen atoms in total. The largest absolute Gasteiger partial charge is 0.493 e. The maximum absolute atomic E-state index is 12.1. The van der Waals surface area contributed by atoms with Crippen LogP contribution >= 0.6 is 27.5 Å². The van der Waals surface area contributed by atoms with Gasteiger partial charge in [0.1, 0.15) is 0 Å². The molecule has 0 fully saturated rings. The molecule has 2 aromatic carbocycles. The van der Waals surface area contributed by atoms with E-state index in [4.69, 9.17) is 21.1 Å². The number of ether oxygens (including phenoxy) is 2. The molecule has 6 heteroatoms. The fourth-order valence-corrected chi connectivity index (χ4v) is 2.88. The van der Waals surface area contributed by atoms with E-state index in [-0.39, 0.29) is 5.91 Å². The molecule has 0 bridgehead atoms. The highest BCUT2D eigenvalue weighted by Crippen LogP contribution is 2.33. The summed E-state index contributed by atoms with van der Waals surface area (Å²) < 4.78 is 11.4. The molecular weight excluding hydrogens is 382 g/mol. The number of benzene rings is 2. The molecule has 0 atom stereocenters. The summed E-state index contributed by atoms with van der Waals surface area (Å²) in [5.41, 5.74) is 1.49. The molecule has 0 saturated heterocycles. The second-order valence-electron chi connectivity index (χ2n) is 4.78. The Morgan fingerprint density at radius 3 is 2.48 bits per heavy atom. The van der Waals surface area contributed by atoms with Crippen molar-refractivity contribution >= 4 is 33.4 Å². The molecule has 23 heavy (non-hydrogen) atoms. The van der Waals surface area contributed by atoms with Crippen LogP contribution in [0.2, 0.25) is 5.02 Å². The first-order chi connectivity index (χ1) is 11.1. The van der Waals surface area contributed by atoms with Gasteiger partial charge in [-0.25, -0.2) is 0 Å². The molecule has 0 spiro atoms. The van der Waals surface area contributed by atoms with Crippen molar-refractivity contribution in [3.8, 4) is 11.5 Å². The highest BCUT2D eigenvalue weighted by atomic mass is 79.9. The SMILES string of the molecule is COc1cc(Br)c(CCNC(=O)c2ccccc2Cl)cc1OC. The third-order valence-electron chi connectivity index (χ3n) is 3.35. The average molecular weight is 399 g/mol. The maximum atomic E-state index is 12.1. The quantitative estimate of drug-likeness (QED) is 0.797. The van der Waals surface area contributed by atoms with E-state index in [1.165, 1.54) is 0 Å². The molecule has 0 aliphatic carbocycles. The van der Waals surface area contributed by atoms with Crippen LogP contribution in [0.15, 0.2) is 40.9 Å². The zero-order valence-corrected chi connectivity index (χ0v) is 15.2. The van der Waals surface area contributed by atoms with Gasteiger partial charge < -0.3 is 14.8 Å². The number of rotatable bonds is 6. The fraction of sp³-hybridized carbons (Fsp3) is 0.235. The predicted molar refractivity (Wildman–Crippen MR) is 94.7 cm³/mol. The predicted octanol–water partition coefficient (Wildman–Crippen LogP) is 4.09. The van der Waals surface area contributed by atoms with Crippen LogP contribution in [-0.2, 0) is 6.42 Å². The number of carbonyl (C=O) groups is 1. The summed E-state index contributed by atoms with van der Waals surface area (Å²) in [5, 5.41) is 3.31. The minimum atomic E-state index is -0.188. The highest BCUT2D eigenvalue weighted by Gasteiger charge is 2.11. The van der Waals surface area contributed by atoms with Crippen LogP contribution in [0.4, 0.5) is 0 Å². The highest BCUT2D eigenvalue weighted by molar-refractivity contribution is 9.10. The van der Waals surface area contributed by atoms with Gasteiger partial charge >= 0.3 is 0 Å². The van der Waals surface area contributed by atoms with E-state index in [9.17, 15) is 4.79 Å². The normalized spacial score (nSPS) is 10.3. The molecule has 0 aliphatic rings. The summed E-state index contributed by atoms with van der Waals surface area (Å²) >= 11 is 9.52. The molecule has 2 rings (SSSR count). The van der Waals surface area contributed by atoms with Crippen LogP contribution in [-0.4, -0.2) is 26.7 Å². The Morgan fingerprint density at radius 1 is 1.17 bits per heavy atom. The Kier molecular flexibility index (Phi) is 6.30. The molecule has 0 aromatic heterocycles. The van der Waals surface area contributed by atoms with Crippen molar-refractivity contribution in [3.63, 3.8) is 0 Å². The number of carbonyl (C=O) groups excluding carboxylic acids is 1. The van der Waals surface area contributed by atoms with Crippen molar-refractivity contribution in [2.24, 2.45) is 0 Å². The number of nitrogens with one attached hydrogen (secondary N) is 1. The minimum Gasteiger partial charge on any atom is -0.493 e. The zero-order valence-electron chi connectivity index (χ0n) is 12.9. The molecular formula is C17H17BrClNO3. The van der Waals surface area contributed by atoms with E-state index >= 15 is 0 Å². The monoisotopic (exact) mass is 397 g/mol. The number of hydrogen-bond acceptors (Lipinski definition) is 3. The van der Waals surface area contributed by atoms with E-state index in [2.05, 4.69) is 21.2 Å². The molecule has 0 saturated carbocycles. The van der Waals surface area contributed by atoms with Gasteiger partial charge in [0.2, 0.25) is 0 Å². The van der Waals surface area contributed by atoms with Crippen molar-refractivity contribution in [1.82, 2.24) is 5.32 Å². The van der Waals surface area contributed by atoms with Gasteiger partial charge in [0.25, 0.3) is 5.91 Å². The number of halogens is 2. The van der Waals surface area contributed by atoms with Crippen molar-refractivity contribution in [2.75, 3.05) is 20.8 Å². The van der Waals surface area contributed by atoms with Gasteiger partial charge in [0, 0.05) is 11.0 Å². The lowest BCUT2D eigenvalue weighted by Gasteiger charge is -2.12. The van der Waals surface area contributed by atoms with Crippen LogP contribution in [0.1, 0.15) is 15.9 Å². The average Bonchev–Trinajstić information content (AvgIpc) is 2.56. The number of hydrogen-bond donors (Lipinski definition) is 1. The van der Waals surface area contributed by atoms with Crippen LogP contribution in [0.25, 0.3) is 0 Å². The van der Waals surface area contributed by atoms with Gasteiger partial charge in [0.05, 0.1) is 24.8 Å². The summed E-state index contributed by atoms with van der Waals surface area (Å²) in [5.74, 6) is 1.12. The van der Waals surface area contributed by atoms with Gasteiger partial charge in [-0.1, -0.05) is 39.7 Å². The van der Waals surface area contributed by atoms with Crippen LogP contribution in [0.5, 0.6) is 11.5 Å². The Bertz CT molecular complexity index is 706. The number of methoxy groups -OCH3 is 2. The van der Waals surface area contributed by atoms with Gasteiger partial charge in [-0.05, 0) is 36.2 Å². The van der Waals surface area contributed by atoms with Gasteiger partial charge in [-0.2, -0.15) is 0 Å². The topological polar surface area (TPSA) is 47.6 Å². The second kappa shape index (κ2) is 8.22. The van der Waals surface area contributed by atoms with Gasteiger partial charge in [0.15, 0.2) is 11.5 Å².